The lowest BCUT2D eigenvalue weighted by Gasteiger charge is -2.03. The first-order chi connectivity index (χ1) is 13.7. The predicted octanol–water partition coefficient (Wildman–Crippen LogP) is 5.50. The molecule has 2 aromatic carbocycles. The second-order valence-corrected chi connectivity index (χ2v) is 7.97. The molecule has 1 amide bonds. The molecule has 2 N–H and O–H groups in total. The quantitative estimate of drug-likeness (QED) is 0.471. The molecule has 0 fully saturated rings. The lowest BCUT2D eigenvalue weighted by Crippen LogP contribution is -2.12. The first-order valence-corrected chi connectivity index (χ1v) is 10.1. The number of aliphatic imine (C=N–C) groups is 1. The van der Waals surface area contributed by atoms with Crippen LogP contribution < -0.4 is 5.73 Å². The SMILES string of the molecule is NC(=O)c1c(N=Cc2ccc(-c3cccc4ccccc34)o2)sc2c1CCC2. The Morgan fingerprint density at radius 1 is 1.07 bits per heavy atom. The summed E-state index contributed by atoms with van der Waals surface area (Å²) in [7, 11) is 0. The van der Waals surface area contributed by atoms with E-state index in [1.165, 1.54) is 10.3 Å². The van der Waals surface area contributed by atoms with Gasteiger partial charge in [-0.1, -0.05) is 42.5 Å². The minimum absolute atomic E-state index is 0.401. The third-order valence-corrected chi connectivity index (χ3v) is 6.34. The van der Waals surface area contributed by atoms with Crippen LogP contribution >= 0.6 is 11.3 Å². The van der Waals surface area contributed by atoms with Gasteiger partial charge >= 0.3 is 0 Å². The smallest absolute Gasteiger partial charge is 0.252 e. The number of nitrogens with two attached hydrogens (primary N) is 1. The van der Waals surface area contributed by atoms with Crippen molar-refractivity contribution in [2.24, 2.45) is 10.7 Å². The van der Waals surface area contributed by atoms with Crippen molar-refractivity contribution in [1.82, 2.24) is 0 Å². The fourth-order valence-corrected chi connectivity index (χ4v) is 5.10. The molecule has 5 rings (SSSR count). The maximum atomic E-state index is 11.9. The second kappa shape index (κ2) is 6.77. The number of nitrogens with zero attached hydrogens (tertiary/aromatic N) is 1. The van der Waals surface area contributed by atoms with Crippen LogP contribution in [-0.4, -0.2) is 12.1 Å². The molecule has 138 valence electrons. The number of primary amides is 1. The van der Waals surface area contributed by atoms with E-state index in [0.29, 0.717) is 16.3 Å². The fraction of sp³-hybridized carbons (Fsp3) is 0.130. The van der Waals surface area contributed by atoms with E-state index in [9.17, 15) is 4.79 Å². The molecule has 4 nitrogen and oxygen atoms in total. The number of hydrogen-bond donors (Lipinski definition) is 1. The number of furan rings is 1. The van der Waals surface area contributed by atoms with E-state index in [2.05, 4.69) is 29.3 Å². The molecule has 5 heteroatoms. The van der Waals surface area contributed by atoms with Gasteiger partial charge in [0.2, 0.25) is 0 Å². The summed E-state index contributed by atoms with van der Waals surface area (Å²) in [5.41, 5.74) is 8.31. The molecule has 0 saturated carbocycles. The Labute approximate surface area is 166 Å². The average molecular weight is 386 g/mol. The van der Waals surface area contributed by atoms with Gasteiger partial charge in [-0.15, -0.1) is 11.3 Å². The Balaban J connectivity index is 1.49. The lowest BCUT2D eigenvalue weighted by molar-refractivity contribution is 0.100. The number of rotatable bonds is 4. The van der Waals surface area contributed by atoms with Crippen LogP contribution in [0.15, 0.2) is 64.0 Å². The van der Waals surface area contributed by atoms with Crippen LogP contribution in [0.1, 0.15) is 33.0 Å². The summed E-state index contributed by atoms with van der Waals surface area (Å²) >= 11 is 1.56. The van der Waals surface area contributed by atoms with Crippen molar-refractivity contribution in [3.63, 3.8) is 0 Å². The largest absolute Gasteiger partial charge is 0.455 e. The highest BCUT2D eigenvalue weighted by atomic mass is 32.1. The number of thiophene rings is 1. The van der Waals surface area contributed by atoms with Crippen molar-refractivity contribution in [1.29, 1.82) is 0 Å². The van der Waals surface area contributed by atoms with E-state index in [0.717, 1.165) is 41.5 Å². The van der Waals surface area contributed by atoms with Gasteiger partial charge in [0.1, 0.15) is 16.5 Å². The van der Waals surface area contributed by atoms with E-state index in [4.69, 9.17) is 10.2 Å². The number of hydrogen-bond acceptors (Lipinski definition) is 4. The minimum atomic E-state index is -0.401. The summed E-state index contributed by atoms with van der Waals surface area (Å²) in [6, 6.07) is 18.2. The normalized spacial score (nSPS) is 13.4. The van der Waals surface area contributed by atoms with Gasteiger partial charge in [0.05, 0.1) is 11.8 Å². The number of benzene rings is 2. The summed E-state index contributed by atoms with van der Waals surface area (Å²) in [5.74, 6) is 1.04. The molecular weight excluding hydrogens is 368 g/mol. The van der Waals surface area contributed by atoms with Crippen LogP contribution in [-0.2, 0) is 12.8 Å². The Morgan fingerprint density at radius 3 is 2.82 bits per heavy atom. The van der Waals surface area contributed by atoms with Crippen LogP contribution in [0, 0.1) is 0 Å². The highest BCUT2D eigenvalue weighted by Crippen LogP contribution is 2.40. The fourth-order valence-electron chi connectivity index (χ4n) is 3.86. The standard InChI is InChI=1S/C23H18N2O2S/c24-22(26)21-18-9-4-10-20(18)28-23(21)25-13-15-11-12-19(27-15)17-8-3-6-14-5-1-2-7-16(14)17/h1-3,5-8,11-13H,4,9-10H2,(H2,24,26). The Kier molecular flexibility index (Phi) is 4.10. The number of aryl methyl sites for hydroxylation is 1. The average Bonchev–Trinajstić information content (AvgIpc) is 3.41. The number of amides is 1. The molecule has 2 heterocycles. The highest BCUT2D eigenvalue weighted by molar-refractivity contribution is 7.16. The van der Waals surface area contributed by atoms with Crippen LogP contribution in [0.4, 0.5) is 5.00 Å². The van der Waals surface area contributed by atoms with Crippen LogP contribution in [0.5, 0.6) is 0 Å². The van der Waals surface area contributed by atoms with E-state index in [-0.39, 0.29) is 0 Å². The second-order valence-electron chi connectivity index (χ2n) is 6.89. The molecule has 0 unspecified atom stereocenters. The van der Waals surface area contributed by atoms with Crippen LogP contribution in [0.2, 0.25) is 0 Å². The Morgan fingerprint density at radius 2 is 1.93 bits per heavy atom. The molecule has 28 heavy (non-hydrogen) atoms. The van der Waals surface area contributed by atoms with Crippen molar-refractivity contribution in [2.75, 3.05) is 0 Å². The van der Waals surface area contributed by atoms with Crippen molar-refractivity contribution in [3.05, 3.63) is 76.4 Å². The number of carbonyl (C=O) groups is 1. The van der Waals surface area contributed by atoms with E-state index < -0.39 is 5.91 Å². The van der Waals surface area contributed by atoms with E-state index in [1.807, 2.05) is 30.3 Å². The molecule has 0 atom stereocenters. The summed E-state index contributed by atoms with van der Waals surface area (Å²) < 4.78 is 6.02. The first kappa shape index (κ1) is 17.0. The van der Waals surface area contributed by atoms with Gasteiger partial charge in [0.15, 0.2) is 0 Å². The molecule has 1 aliphatic rings. The zero-order chi connectivity index (χ0) is 19.1. The first-order valence-electron chi connectivity index (χ1n) is 9.27. The molecule has 2 aromatic heterocycles. The van der Waals surface area contributed by atoms with Gasteiger partial charge < -0.3 is 10.2 Å². The molecule has 1 aliphatic carbocycles. The molecule has 0 spiro atoms. The van der Waals surface area contributed by atoms with Gasteiger partial charge in [0, 0.05) is 10.4 Å². The van der Waals surface area contributed by atoms with Gasteiger partial charge in [-0.05, 0) is 47.7 Å². The lowest BCUT2D eigenvalue weighted by atomic mass is 10.0. The molecule has 0 saturated heterocycles. The maximum absolute atomic E-state index is 11.9. The highest BCUT2D eigenvalue weighted by Gasteiger charge is 2.24. The number of carbonyl (C=O) groups excluding carboxylic acids is 1. The molecule has 0 radical (unpaired) electrons. The molecule has 0 bridgehead atoms. The number of fused-ring (bicyclic) bond motifs is 2. The maximum Gasteiger partial charge on any atom is 0.252 e. The third-order valence-electron chi connectivity index (χ3n) is 5.14. The Hall–Kier alpha value is -3.18. The summed E-state index contributed by atoms with van der Waals surface area (Å²) in [6.07, 6.45) is 4.66. The summed E-state index contributed by atoms with van der Waals surface area (Å²) in [4.78, 5) is 17.7. The summed E-state index contributed by atoms with van der Waals surface area (Å²) in [5, 5.41) is 3.00. The van der Waals surface area contributed by atoms with E-state index in [1.54, 1.807) is 17.6 Å². The minimum Gasteiger partial charge on any atom is -0.455 e. The monoisotopic (exact) mass is 386 g/mol. The van der Waals surface area contributed by atoms with Gasteiger partial charge in [-0.2, -0.15) is 0 Å². The summed E-state index contributed by atoms with van der Waals surface area (Å²) in [6.45, 7) is 0. The Bertz CT molecular complexity index is 1230. The topological polar surface area (TPSA) is 68.6 Å². The van der Waals surface area contributed by atoms with Crippen molar-refractivity contribution in [3.8, 4) is 11.3 Å². The van der Waals surface area contributed by atoms with Crippen molar-refractivity contribution >= 4 is 39.2 Å². The third kappa shape index (κ3) is 2.84. The van der Waals surface area contributed by atoms with Crippen molar-refractivity contribution < 1.29 is 9.21 Å². The zero-order valence-electron chi connectivity index (χ0n) is 15.1. The van der Waals surface area contributed by atoms with Crippen molar-refractivity contribution in [2.45, 2.75) is 19.3 Å². The molecule has 4 aromatic rings. The van der Waals surface area contributed by atoms with Crippen LogP contribution in [0.25, 0.3) is 22.1 Å². The van der Waals surface area contributed by atoms with Gasteiger partial charge in [0.25, 0.3) is 5.91 Å². The predicted molar refractivity (Wildman–Crippen MR) is 114 cm³/mol. The van der Waals surface area contributed by atoms with Crippen LogP contribution in [0.3, 0.4) is 0 Å². The van der Waals surface area contributed by atoms with Gasteiger partial charge in [-0.25, -0.2) is 4.99 Å². The molecule has 0 aliphatic heterocycles. The molecular formula is C23H18N2O2S. The van der Waals surface area contributed by atoms with E-state index >= 15 is 0 Å². The zero-order valence-corrected chi connectivity index (χ0v) is 16.0. The van der Waals surface area contributed by atoms with Gasteiger partial charge in [-0.3, -0.25) is 4.79 Å².